The van der Waals surface area contributed by atoms with Crippen molar-refractivity contribution < 1.29 is 14.7 Å². The Morgan fingerprint density at radius 1 is 0.846 bits per heavy atom. The van der Waals surface area contributed by atoms with Gasteiger partial charge in [0.05, 0.1) is 12.1 Å². The number of rotatable bonds is 14. The highest BCUT2D eigenvalue weighted by Crippen LogP contribution is 2.22. The third kappa shape index (κ3) is 9.97. The second kappa shape index (κ2) is 15.2. The summed E-state index contributed by atoms with van der Waals surface area (Å²) in [6.45, 7) is 4.59. The molecule has 6 heteroatoms. The number of hydrogen-bond acceptors (Lipinski definition) is 4. The fourth-order valence-electron chi connectivity index (χ4n) is 4.88. The van der Waals surface area contributed by atoms with E-state index in [0.717, 1.165) is 16.7 Å². The molecule has 4 unspecified atom stereocenters. The molecule has 0 aromatic heterocycles. The Balaban J connectivity index is 1.72. The number of nitrogens with two attached hydrogens (primary N) is 1. The van der Waals surface area contributed by atoms with Gasteiger partial charge >= 0.3 is 0 Å². The molecule has 0 aliphatic carbocycles. The molecule has 0 bridgehead atoms. The number of nitrogens with one attached hydrogen (secondary N) is 1. The third-order valence-corrected chi connectivity index (χ3v) is 7.05. The zero-order chi connectivity index (χ0) is 28.2. The molecule has 6 nitrogen and oxygen atoms in total. The Morgan fingerprint density at radius 3 is 1.95 bits per heavy atom. The molecule has 0 aliphatic rings. The van der Waals surface area contributed by atoms with Crippen molar-refractivity contribution in [2.45, 2.75) is 64.3 Å². The summed E-state index contributed by atoms with van der Waals surface area (Å²) in [6, 6.07) is 28.4. The molecule has 0 radical (unpaired) electrons. The number of aliphatic hydroxyl groups is 1. The lowest BCUT2D eigenvalue weighted by molar-refractivity contribution is -0.136. The van der Waals surface area contributed by atoms with E-state index in [1.54, 1.807) is 11.9 Å². The summed E-state index contributed by atoms with van der Waals surface area (Å²) in [5.74, 6) is -0.551. The van der Waals surface area contributed by atoms with Crippen LogP contribution in [0.25, 0.3) is 0 Å². The summed E-state index contributed by atoms with van der Waals surface area (Å²) < 4.78 is 0. The standard InChI is InChI=1S/C33H43N3O3/c1-24(2)19-28(21-32(38)36(3)23-26-15-9-5-10-16-26)33(39)35-30(20-25-13-7-4-8-14-25)31(37)22-29(34)27-17-11-6-12-18-27/h4-18,24,28-31,37H,19-23,34H2,1-3H3,(H,35,39). The van der Waals surface area contributed by atoms with Crippen LogP contribution < -0.4 is 11.1 Å². The fraction of sp³-hybridized carbons (Fsp3) is 0.394. The first-order valence-corrected chi connectivity index (χ1v) is 13.8. The van der Waals surface area contributed by atoms with Gasteiger partial charge in [-0.15, -0.1) is 0 Å². The van der Waals surface area contributed by atoms with Gasteiger partial charge in [-0.1, -0.05) is 105 Å². The molecule has 4 atom stereocenters. The van der Waals surface area contributed by atoms with Gasteiger partial charge in [-0.25, -0.2) is 0 Å². The molecular formula is C33H43N3O3. The molecule has 2 amide bonds. The molecule has 3 aromatic rings. The highest BCUT2D eigenvalue weighted by Gasteiger charge is 2.30. The van der Waals surface area contributed by atoms with Crippen LogP contribution >= 0.6 is 0 Å². The molecule has 0 saturated carbocycles. The molecular weight excluding hydrogens is 486 g/mol. The van der Waals surface area contributed by atoms with Gasteiger partial charge < -0.3 is 21.1 Å². The summed E-state index contributed by atoms with van der Waals surface area (Å²) in [6.07, 6.45) is 0.598. The van der Waals surface area contributed by atoms with E-state index >= 15 is 0 Å². The predicted octanol–water partition coefficient (Wildman–Crippen LogP) is 4.88. The van der Waals surface area contributed by atoms with Gasteiger partial charge in [-0.3, -0.25) is 9.59 Å². The van der Waals surface area contributed by atoms with Crippen LogP contribution in [0.5, 0.6) is 0 Å². The van der Waals surface area contributed by atoms with Gasteiger partial charge in [0.1, 0.15) is 0 Å². The number of carbonyl (C=O) groups is 2. The summed E-state index contributed by atoms with van der Waals surface area (Å²) in [5, 5.41) is 14.4. The van der Waals surface area contributed by atoms with E-state index in [4.69, 9.17) is 5.73 Å². The van der Waals surface area contributed by atoms with Crippen molar-refractivity contribution in [2.75, 3.05) is 7.05 Å². The van der Waals surface area contributed by atoms with Crippen molar-refractivity contribution >= 4 is 11.8 Å². The van der Waals surface area contributed by atoms with Crippen LogP contribution in [0.4, 0.5) is 0 Å². The minimum Gasteiger partial charge on any atom is -0.391 e. The van der Waals surface area contributed by atoms with Gasteiger partial charge in [-0.2, -0.15) is 0 Å². The first kappa shape index (κ1) is 30.1. The van der Waals surface area contributed by atoms with Crippen LogP contribution in [0.1, 0.15) is 55.8 Å². The number of amides is 2. The highest BCUT2D eigenvalue weighted by molar-refractivity contribution is 5.86. The maximum absolute atomic E-state index is 13.6. The van der Waals surface area contributed by atoms with Crippen molar-refractivity contribution in [1.82, 2.24) is 10.2 Å². The lowest BCUT2D eigenvalue weighted by Gasteiger charge is -2.29. The molecule has 3 rings (SSSR count). The van der Waals surface area contributed by atoms with Gasteiger partial charge in [-0.05, 0) is 41.9 Å². The quantitative estimate of drug-likeness (QED) is 0.277. The van der Waals surface area contributed by atoms with E-state index in [1.807, 2.05) is 105 Å². The van der Waals surface area contributed by atoms with Crippen molar-refractivity contribution in [3.63, 3.8) is 0 Å². The maximum Gasteiger partial charge on any atom is 0.223 e. The molecule has 39 heavy (non-hydrogen) atoms. The largest absolute Gasteiger partial charge is 0.391 e. The van der Waals surface area contributed by atoms with Crippen LogP contribution in [0.2, 0.25) is 0 Å². The van der Waals surface area contributed by atoms with E-state index in [9.17, 15) is 14.7 Å². The second-order valence-corrected chi connectivity index (χ2v) is 10.9. The molecule has 3 aromatic carbocycles. The molecule has 208 valence electrons. The van der Waals surface area contributed by atoms with Crippen molar-refractivity contribution in [2.24, 2.45) is 17.6 Å². The lowest BCUT2D eigenvalue weighted by Crippen LogP contribution is -2.48. The Morgan fingerprint density at radius 2 is 1.38 bits per heavy atom. The molecule has 0 fully saturated rings. The second-order valence-electron chi connectivity index (χ2n) is 10.9. The van der Waals surface area contributed by atoms with E-state index in [2.05, 4.69) is 5.32 Å². The molecule has 0 saturated heterocycles. The van der Waals surface area contributed by atoms with E-state index in [0.29, 0.717) is 25.8 Å². The summed E-state index contributed by atoms with van der Waals surface area (Å²) in [4.78, 5) is 28.4. The predicted molar refractivity (Wildman–Crippen MR) is 157 cm³/mol. The van der Waals surface area contributed by atoms with Gasteiger partial charge in [0.15, 0.2) is 0 Å². The Labute approximate surface area is 233 Å². The van der Waals surface area contributed by atoms with Crippen molar-refractivity contribution in [3.8, 4) is 0 Å². The number of aliphatic hydroxyl groups excluding tert-OH is 1. The Bertz CT molecular complexity index is 1140. The number of hydrogen-bond donors (Lipinski definition) is 3. The summed E-state index contributed by atoms with van der Waals surface area (Å²) in [7, 11) is 1.77. The minimum absolute atomic E-state index is 0.0779. The minimum atomic E-state index is -0.861. The SMILES string of the molecule is CC(C)CC(CC(=O)N(C)Cc1ccccc1)C(=O)NC(Cc1ccccc1)C(O)CC(N)c1ccccc1. The summed E-state index contributed by atoms with van der Waals surface area (Å²) >= 11 is 0. The highest BCUT2D eigenvalue weighted by atomic mass is 16.3. The van der Waals surface area contributed by atoms with Crippen LogP contribution in [0.15, 0.2) is 91.0 Å². The lowest BCUT2D eigenvalue weighted by atomic mass is 9.90. The molecule has 0 spiro atoms. The first-order valence-electron chi connectivity index (χ1n) is 13.8. The van der Waals surface area contributed by atoms with E-state index < -0.39 is 18.1 Å². The Hall–Kier alpha value is -3.48. The normalized spacial score (nSPS) is 14.3. The maximum atomic E-state index is 13.6. The average molecular weight is 530 g/mol. The monoisotopic (exact) mass is 529 g/mol. The van der Waals surface area contributed by atoms with E-state index in [1.165, 1.54) is 0 Å². The Kier molecular flexibility index (Phi) is 11.7. The number of benzene rings is 3. The zero-order valence-corrected chi connectivity index (χ0v) is 23.4. The molecule has 0 aliphatic heterocycles. The topological polar surface area (TPSA) is 95.7 Å². The van der Waals surface area contributed by atoms with Gasteiger partial charge in [0, 0.05) is 32.0 Å². The number of carbonyl (C=O) groups excluding carboxylic acids is 2. The number of nitrogens with zero attached hydrogens (tertiary/aromatic N) is 1. The first-order chi connectivity index (χ1) is 18.7. The smallest absolute Gasteiger partial charge is 0.223 e. The van der Waals surface area contributed by atoms with Crippen LogP contribution in [0.3, 0.4) is 0 Å². The molecule has 0 heterocycles. The summed E-state index contributed by atoms with van der Waals surface area (Å²) in [5.41, 5.74) is 9.41. The van der Waals surface area contributed by atoms with Crippen molar-refractivity contribution in [3.05, 3.63) is 108 Å². The van der Waals surface area contributed by atoms with E-state index in [-0.39, 0.29) is 30.2 Å². The fourth-order valence-corrected chi connectivity index (χ4v) is 4.88. The van der Waals surface area contributed by atoms with Gasteiger partial charge in [0.25, 0.3) is 0 Å². The van der Waals surface area contributed by atoms with Crippen LogP contribution in [0, 0.1) is 11.8 Å². The van der Waals surface area contributed by atoms with Crippen LogP contribution in [-0.4, -0.2) is 41.0 Å². The zero-order valence-electron chi connectivity index (χ0n) is 23.4. The van der Waals surface area contributed by atoms with Gasteiger partial charge in [0.2, 0.25) is 11.8 Å². The van der Waals surface area contributed by atoms with Crippen molar-refractivity contribution in [1.29, 1.82) is 0 Å². The molecule has 4 N–H and O–H groups in total. The van der Waals surface area contributed by atoms with Crippen LogP contribution in [-0.2, 0) is 22.6 Å². The average Bonchev–Trinajstić information content (AvgIpc) is 2.93. The third-order valence-electron chi connectivity index (χ3n) is 7.05.